The Hall–Kier alpha value is -2.33. The van der Waals surface area contributed by atoms with E-state index in [2.05, 4.69) is 10.6 Å². The lowest BCUT2D eigenvalue weighted by molar-refractivity contribution is -0.121. The molecule has 0 radical (unpaired) electrons. The number of carbonyl (C=O) groups is 2. The fraction of sp³-hybridized carbons (Fsp3) is 0.263. The molecule has 126 valence electrons. The van der Waals surface area contributed by atoms with Crippen molar-refractivity contribution in [1.29, 1.82) is 0 Å². The van der Waals surface area contributed by atoms with Gasteiger partial charge in [0, 0.05) is 17.1 Å². The third kappa shape index (κ3) is 5.10. The zero-order chi connectivity index (χ0) is 17.5. The van der Waals surface area contributed by atoms with Gasteiger partial charge in [0.1, 0.15) is 0 Å². The number of hydrogen-bond donors (Lipinski definition) is 2. The number of anilines is 1. The second-order valence-corrected chi connectivity index (χ2v) is 5.99. The lowest BCUT2D eigenvalue weighted by atomic mass is 10.1. The molecule has 2 aromatic rings. The molecule has 5 heteroatoms. The standard InChI is InChI=1S/C19H21ClN2O2/c1-3-18(23)22-16-10-8-14(9-11-16)13(2)21-19(24)12-15-6-4-5-7-17(15)20/h4-11,13H,3,12H2,1-2H3,(H,21,24)(H,22,23). The monoisotopic (exact) mass is 344 g/mol. The Balaban J connectivity index is 1.94. The van der Waals surface area contributed by atoms with E-state index < -0.39 is 0 Å². The van der Waals surface area contributed by atoms with Crippen LogP contribution < -0.4 is 10.6 Å². The Labute approximate surface area is 147 Å². The quantitative estimate of drug-likeness (QED) is 0.828. The highest BCUT2D eigenvalue weighted by Crippen LogP contribution is 2.18. The van der Waals surface area contributed by atoms with E-state index in [-0.39, 0.29) is 24.3 Å². The highest BCUT2D eigenvalue weighted by Gasteiger charge is 2.11. The second-order valence-electron chi connectivity index (χ2n) is 5.58. The number of hydrogen-bond acceptors (Lipinski definition) is 2. The summed E-state index contributed by atoms with van der Waals surface area (Å²) < 4.78 is 0. The van der Waals surface area contributed by atoms with E-state index in [1.165, 1.54) is 0 Å². The van der Waals surface area contributed by atoms with Gasteiger partial charge in [-0.25, -0.2) is 0 Å². The minimum atomic E-state index is -0.129. The lowest BCUT2D eigenvalue weighted by Crippen LogP contribution is -2.28. The van der Waals surface area contributed by atoms with Gasteiger partial charge in [0.2, 0.25) is 11.8 Å². The van der Waals surface area contributed by atoms with Gasteiger partial charge in [-0.3, -0.25) is 9.59 Å². The summed E-state index contributed by atoms with van der Waals surface area (Å²) in [4.78, 5) is 23.5. The first-order chi connectivity index (χ1) is 11.5. The molecule has 0 bridgehead atoms. The van der Waals surface area contributed by atoms with Crippen LogP contribution in [-0.2, 0) is 16.0 Å². The molecule has 0 saturated heterocycles. The predicted molar refractivity (Wildman–Crippen MR) is 97.1 cm³/mol. The summed E-state index contributed by atoms with van der Waals surface area (Å²) in [7, 11) is 0. The van der Waals surface area contributed by atoms with Crippen LogP contribution in [0.15, 0.2) is 48.5 Å². The maximum Gasteiger partial charge on any atom is 0.224 e. The molecular formula is C19H21ClN2O2. The zero-order valence-electron chi connectivity index (χ0n) is 13.8. The third-order valence-corrected chi connectivity index (χ3v) is 4.07. The molecule has 0 aliphatic heterocycles. The molecule has 0 fully saturated rings. The van der Waals surface area contributed by atoms with Gasteiger partial charge in [-0.15, -0.1) is 0 Å². The molecule has 0 heterocycles. The van der Waals surface area contributed by atoms with Crippen molar-refractivity contribution in [2.45, 2.75) is 32.7 Å². The number of benzene rings is 2. The predicted octanol–water partition coefficient (Wildman–Crippen LogP) is 4.11. The van der Waals surface area contributed by atoms with Gasteiger partial charge in [-0.2, -0.15) is 0 Å². The van der Waals surface area contributed by atoms with Crippen LogP contribution in [0.2, 0.25) is 5.02 Å². The lowest BCUT2D eigenvalue weighted by Gasteiger charge is -2.15. The number of halogens is 1. The van der Waals surface area contributed by atoms with E-state index in [0.29, 0.717) is 11.4 Å². The second kappa shape index (κ2) is 8.50. The van der Waals surface area contributed by atoms with E-state index in [4.69, 9.17) is 11.6 Å². The minimum absolute atomic E-state index is 0.0242. The van der Waals surface area contributed by atoms with Crippen LogP contribution in [0, 0.1) is 0 Å². The van der Waals surface area contributed by atoms with Crippen LogP contribution in [0.4, 0.5) is 5.69 Å². The highest BCUT2D eigenvalue weighted by molar-refractivity contribution is 6.31. The van der Waals surface area contributed by atoms with Gasteiger partial charge in [-0.05, 0) is 36.2 Å². The molecular weight excluding hydrogens is 324 g/mol. The van der Waals surface area contributed by atoms with Crippen molar-refractivity contribution >= 4 is 29.1 Å². The van der Waals surface area contributed by atoms with Crippen LogP contribution in [0.25, 0.3) is 0 Å². The fourth-order valence-electron chi connectivity index (χ4n) is 2.30. The number of rotatable bonds is 6. The third-order valence-electron chi connectivity index (χ3n) is 3.70. The smallest absolute Gasteiger partial charge is 0.224 e. The Bertz CT molecular complexity index is 714. The molecule has 0 aromatic heterocycles. The minimum Gasteiger partial charge on any atom is -0.349 e. The van der Waals surface area contributed by atoms with Crippen molar-refractivity contribution in [2.75, 3.05) is 5.32 Å². The molecule has 4 nitrogen and oxygen atoms in total. The van der Waals surface area contributed by atoms with Gasteiger partial charge in [0.15, 0.2) is 0 Å². The average Bonchev–Trinajstić information content (AvgIpc) is 2.57. The number of carbonyl (C=O) groups excluding carboxylic acids is 2. The molecule has 2 rings (SSSR count). The average molecular weight is 345 g/mol. The Morgan fingerprint density at radius 2 is 1.71 bits per heavy atom. The van der Waals surface area contributed by atoms with Gasteiger partial charge >= 0.3 is 0 Å². The topological polar surface area (TPSA) is 58.2 Å². The SMILES string of the molecule is CCC(=O)Nc1ccc(C(C)NC(=O)Cc2ccccc2Cl)cc1. The van der Waals surface area contributed by atoms with E-state index in [1.54, 1.807) is 13.0 Å². The maximum absolute atomic E-state index is 12.2. The summed E-state index contributed by atoms with van der Waals surface area (Å²) in [6, 6.07) is 14.6. The molecule has 2 N–H and O–H groups in total. The van der Waals surface area contributed by atoms with Gasteiger partial charge in [0.25, 0.3) is 0 Å². The molecule has 0 aliphatic carbocycles. The molecule has 1 unspecified atom stereocenters. The first kappa shape index (κ1) is 18.0. The summed E-state index contributed by atoms with van der Waals surface area (Å²) in [5, 5.41) is 6.35. The van der Waals surface area contributed by atoms with E-state index in [0.717, 1.165) is 16.8 Å². The molecule has 24 heavy (non-hydrogen) atoms. The molecule has 2 aromatic carbocycles. The Morgan fingerprint density at radius 1 is 1.04 bits per heavy atom. The summed E-state index contributed by atoms with van der Waals surface area (Å²) in [6.45, 7) is 3.73. The van der Waals surface area contributed by atoms with E-state index in [1.807, 2.05) is 49.4 Å². The Morgan fingerprint density at radius 3 is 2.33 bits per heavy atom. The van der Waals surface area contributed by atoms with Crippen molar-refractivity contribution in [3.8, 4) is 0 Å². The molecule has 0 spiro atoms. The molecule has 0 aliphatic rings. The van der Waals surface area contributed by atoms with Crippen LogP contribution >= 0.6 is 11.6 Å². The summed E-state index contributed by atoms with van der Waals surface area (Å²) >= 11 is 6.08. The van der Waals surface area contributed by atoms with Gasteiger partial charge < -0.3 is 10.6 Å². The summed E-state index contributed by atoms with van der Waals surface area (Å²) in [5.74, 6) is -0.109. The van der Waals surface area contributed by atoms with E-state index >= 15 is 0 Å². The van der Waals surface area contributed by atoms with Crippen LogP contribution in [0.1, 0.15) is 37.4 Å². The number of nitrogens with one attached hydrogen (secondary N) is 2. The van der Waals surface area contributed by atoms with Crippen molar-refractivity contribution in [3.05, 3.63) is 64.7 Å². The van der Waals surface area contributed by atoms with Crippen molar-refractivity contribution in [2.24, 2.45) is 0 Å². The first-order valence-corrected chi connectivity index (χ1v) is 8.30. The van der Waals surface area contributed by atoms with Crippen LogP contribution in [0.3, 0.4) is 0 Å². The largest absolute Gasteiger partial charge is 0.349 e. The zero-order valence-corrected chi connectivity index (χ0v) is 14.6. The molecule has 1 atom stereocenters. The fourth-order valence-corrected chi connectivity index (χ4v) is 2.50. The van der Waals surface area contributed by atoms with E-state index in [9.17, 15) is 9.59 Å². The van der Waals surface area contributed by atoms with Gasteiger partial charge in [-0.1, -0.05) is 48.9 Å². The summed E-state index contributed by atoms with van der Waals surface area (Å²) in [5.41, 5.74) is 2.53. The Kier molecular flexibility index (Phi) is 6.38. The summed E-state index contributed by atoms with van der Waals surface area (Å²) in [6.07, 6.45) is 0.685. The number of amides is 2. The molecule has 0 saturated carbocycles. The highest BCUT2D eigenvalue weighted by atomic mass is 35.5. The molecule has 2 amide bonds. The van der Waals surface area contributed by atoms with Crippen LogP contribution in [0.5, 0.6) is 0 Å². The van der Waals surface area contributed by atoms with Crippen molar-refractivity contribution in [1.82, 2.24) is 5.32 Å². The van der Waals surface area contributed by atoms with Crippen molar-refractivity contribution in [3.63, 3.8) is 0 Å². The normalized spacial score (nSPS) is 11.6. The maximum atomic E-state index is 12.2. The van der Waals surface area contributed by atoms with Crippen LogP contribution in [-0.4, -0.2) is 11.8 Å². The first-order valence-electron chi connectivity index (χ1n) is 7.92. The van der Waals surface area contributed by atoms with Gasteiger partial charge in [0.05, 0.1) is 12.5 Å². The van der Waals surface area contributed by atoms with Crippen molar-refractivity contribution < 1.29 is 9.59 Å².